The van der Waals surface area contributed by atoms with Gasteiger partial charge in [0.25, 0.3) is 15.1 Å². The zero-order chi connectivity index (χ0) is 27.7. The molecule has 0 atom stereocenters. The molecule has 0 spiro atoms. The van der Waals surface area contributed by atoms with E-state index in [-0.39, 0.29) is 5.75 Å². The highest BCUT2D eigenvalue weighted by atomic mass is 32.2. The van der Waals surface area contributed by atoms with Gasteiger partial charge in [-0.2, -0.15) is 13.0 Å². The minimum absolute atomic E-state index is 0.279. The van der Waals surface area contributed by atoms with Gasteiger partial charge in [-0.1, -0.05) is 30.0 Å². The van der Waals surface area contributed by atoms with Crippen LogP contribution in [0.5, 0.6) is 11.5 Å². The first-order valence-electron chi connectivity index (χ1n) is 12.7. The van der Waals surface area contributed by atoms with Crippen molar-refractivity contribution in [1.82, 2.24) is 0 Å². The van der Waals surface area contributed by atoms with Crippen LogP contribution in [0.3, 0.4) is 0 Å². The van der Waals surface area contributed by atoms with Crippen molar-refractivity contribution in [3.05, 3.63) is 57.4 Å². The molecule has 7 nitrogen and oxygen atoms in total. The molecule has 3 heterocycles. The summed E-state index contributed by atoms with van der Waals surface area (Å²) in [5.74, 6) is 1.39. The second-order valence-electron chi connectivity index (χ2n) is 9.06. The maximum atomic E-state index is 11.5. The van der Waals surface area contributed by atoms with Gasteiger partial charge in [-0.15, -0.1) is 11.3 Å². The molecule has 4 aromatic rings. The fourth-order valence-electron chi connectivity index (χ4n) is 4.78. The van der Waals surface area contributed by atoms with E-state index in [0.717, 1.165) is 60.5 Å². The number of thiazole rings is 1. The molecule has 0 unspecified atom stereocenters. The number of aryl methyl sites for hydroxylation is 1. The minimum Gasteiger partial charge on any atom is -0.497 e. The normalized spacial score (nSPS) is 15.1. The largest absolute Gasteiger partial charge is 0.497 e. The molecule has 11 heteroatoms. The van der Waals surface area contributed by atoms with Crippen molar-refractivity contribution in [2.75, 3.05) is 31.4 Å². The molecule has 5 rings (SSSR count). The molecule has 1 N–H and O–H groups in total. The van der Waals surface area contributed by atoms with Crippen LogP contribution in [0.1, 0.15) is 31.7 Å². The highest BCUT2D eigenvalue weighted by Gasteiger charge is 2.27. The Hall–Kier alpha value is -2.57. The van der Waals surface area contributed by atoms with Crippen molar-refractivity contribution < 1.29 is 27.0 Å². The van der Waals surface area contributed by atoms with Gasteiger partial charge in [-0.3, -0.25) is 4.55 Å². The third-order valence-electron chi connectivity index (χ3n) is 6.68. The van der Waals surface area contributed by atoms with Gasteiger partial charge in [0.15, 0.2) is 6.54 Å². The van der Waals surface area contributed by atoms with E-state index in [2.05, 4.69) is 59.7 Å². The molecule has 0 bridgehead atoms. The molecule has 0 amide bonds. The average Bonchev–Trinajstić information content (AvgIpc) is 3.61. The van der Waals surface area contributed by atoms with Gasteiger partial charge in [0.1, 0.15) is 20.9 Å². The monoisotopic (exact) mass is 603 g/mol. The van der Waals surface area contributed by atoms with Crippen LogP contribution in [0.15, 0.2) is 57.3 Å². The van der Waals surface area contributed by atoms with E-state index >= 15 is 0 Å². The first-order valence-corrected chi connectivity index (χ1v) is 16.8. The molecule has 206 valence electrons. The molecule has 2 aromatic heterocycles. The number of rotatable bonds is 10. The van der Waals surface area contributed by atoms with Crippen molar-refractivity contribution in [2.24, 2.45) is 0 Å². The fraction of sp³-hybridized carbons (Fsp3) is 0.321. The standard InChI is InChI=1S/C28H30N2O5S4/c1-5-18(14-25-29(6-2)21-16-19(34-3)8-9-23(21)37-25)15-26-30(11-7-13-39(31,32)33)27-24(38-26)17-22(35-4)20-10-12-36-28(20)27/h8-10,12,14-17H,5-7,11,13H2,1-4H3/p+1. The van der Waals surface area contributed by atoms with Crippen LogP contribution in [0.4, 0.5) is 5.69 Å². The average molecular weight is 604 g/mol. The molecular weight excluding hydrogens is 573 g/mol. The summed E-state index contributed by atoms with van der Waals surface area (Å²) in [5.41, 5.74) is 3.39. The van der Waals surface area contributed by atoms with E-state index in [1.165, 1.54) is 10.5 Å². The first kappa shape index (κ1) is 28.0. The number of aromatic nitrogens is 1. The van der Waals surface area contributed by atoms with Crippen molar-refractivity contribution in [2.45, 2.75) is 38.1 Å². The predicted molar refractivity (Wildman–Crippen MR) is 163 cm³/mol. The summed E-state index contributed by atoms with van der Waals surface area (Å²) in [6.45, 7) is 5.60. The van der Waals surface area contributed by atoms with Crippen LogP contribution in [0.2, 0.25) is 0 Å². The van der Waals surface area contributed by atoms with Crippen LogP contribution in [-0.4, -0.2) is 39.5 Å². The Morgan fingerprint density at radius 2 is 1.97 bits per heavy atom. The lowest BCUT2D eigenvalue weighted by molar-refractivity contribution is -0.667. The van der Waals surface area contributed by atoms with Crippen LogP contribution in [-0.2, 0) is 16.7 Å². The Bertz CT molecular complexity index is 1700. The van der Waals surface area contributed by atoms with Crippen LogP contribution in [0, 0.1) is 0 Å². The van der Waals surface area contributed by atoms with Crippen molar-refractivity contribution >= 4 is 76.6 Å². The number of allylic oxidation sites excluding steroid dienone is 2. The van der Waals surface area contributed by atoms with E-state index in [9.17, 15) is 13.0 Å². The summed E-state index contributed by atoms with van der Waals surface area (Å²) in [5, 5.41) is 5.28. The molecule has 1 aliphatic rings. The third-order valence-corrected chi connectivity index (χ3v) is 10.6. The first-order chi connectivity index (χ1) is 18.8. The van der Waals surface area contributed by atoms with E-state index in [1.807, 2.05) is 11.4 Å². The van der Waals surface area contributed by atoms with Gasteiger partial charge >= 0.3 is 0 Å². The lowest BCUT2D eigenvalue weighted by Gasteiger charge is -2.18. The summed E-state index contributed by atoms with van der Waals surface area (Å²) in [4.78, 5) is 3.51. The lowest BCUT2D eigenvalue weighted by atomic mass is 10.2. The predicted octanol–water partition coefficient (Wildman–Crippen LogP) is 6.97. The molecule has 39 heavy (non-hydrogen) atoms. The number of nitrogens with zero attached hydrogens (tertiary/aromatic N) is 2. The third kappa shape index (κ3) is 5.69. The number of thiophene rings is 1. The molecule has 0 radical (unpaired) electrons. The summed E-state index contributed by atoms with van der Waals surface area (Å²) in [6, 6.07) is 10.3. The number of benzene rings is 2. The van der Waals surface area contributed by atoms with E-state index in [4.69, 9.17) is 9.47 Å². The van der Waals surface area contributed by atoms with E-state index in [0.29, 0.717) is 13.0 Å². The summed E-state index contributed by atoms with van der Waals surface area (Å²) >= 11 is 5.07. The number of hydrogen-bond donors (Lipinski definition) is 1. The molecule has 2 aromatic carbocycles. The van der Waals surface area contributed by atoms with Gasteiger partial charge in [-0.05, 0) is 48.6 Å². The zero-order valence-corrected chi connectivity index (χ0v) is 25.5. The maximum absolute atomic E-state index is 11.5. The Morgan fingerprint density at radius 1 is 1.15 bits per heavy atom. The Balaban J connectivity index is 1.60. The molecule has 1 aliphatic heterocycles. The maximum Gasteiger partial charge on any atom is 0.265 e. The molecule has 0 saturated heterocycles. The highest BCUT2D eigenvalue weighted by molar-refractivity contribution is 8.03. The number of methoxy groups -OCH3 is 2. The number of anilines is 1. The SMILES string of the molecule is CCC(=Cc1sc2cc(OC)c3ccsc3c2[n+]1CCCS(=O)(=O)O)C=C1Sc2ccc(OC)cc2N1CC. The van der Waals surface area contributed by atoms with Crippen LogP contribution in [0.25, 0.3) is 26.4 Å². The Labute approximate surface area is 241 Å². The molecule has 0 aliphatic carbocycles. The Morgan fingerprint density at radius 3 is 2.67 bits per heavy atom. The highest BCUT2D eigenvalue weighted by Crippen LogP contribution is 2.48. The minimum atomic E-state index is -4.04. The van der Waals surface area contributed by atoms with Gasteiger partial charge in [0.2, 0.25) is 5.52 Å². The summed E-state index contributed by atoms with van der Waals surface area (Å²) in [6.07, 6.45) is 5.59. The van der Waals surface area contributed by atoms with Gasteiger partial charge < -0.3 is 14.4 Å². The molecule has 0 saturated carbocycles. The van der Waals surface area contributed by atoms with E-state index in [1.54, 1.807) is 48.7 Å². The number of fused-ring (bicyclic) bond motifs is 4. The zero-order valence-electron chi connectivity index (χ0n) is 22.3. The topological polar surface area (TPSA) is 80.0 Å². The van der Waals surface area contributed by atoms with Crippen LogP contribution >= 0.6 is 34.4 Å². The smallest absolute Gasteiger partial charge is 0.265 e. The molecular formula is C28H31N2O5S4+. The van der Waals surface area contributed by atoms with Gasteiger partial charge in [0.05, 0.1) is 30.7 Å². The fourth-order valence-corrected chi connectivity index (χ4v) is 8.70. The lowest BCUT2D eigenvalue weighted by Crippen LogP contribution is -2.36. The second kappa shape index (κ2) is 11.5. The van der Waals surface area contributed by atoms with Crippen molar-refractivity contribution in [3.63, 3.8) is 0 Å². The number of ether oxygens (including phenoxy) is 2. The van der Waals surface area contributed by atoms with Crippen LogP contribution < -0.4 is 18.9 Å². The Kier molecular flexibility index (Phi) is 8.25. The number of hydrogen-bond acceptors (Lipinski definition) is 8. The van der Waals surface area contributed by atoms with Gasteiger partial charge in [0, 0.05) is 41.5 Å². The quantitative estimate of drug-likeness (QED) is 0.155. The second-order valence-corrected chi connectivity index (χ2v) is 13.7. The molecule has 0 fully saturated rings. The number of thioether (sulfide) groups is 1. The van der Waals surface area contributed by atoms with E-state index < -0.39 is 10.1 Å². The van der Waals surface area contributed by atoms with Gasteiger partial charge in [-0.25, -0.2) is 0 Å². The summed E-state index contributed by atoms with van der Waals surface area (Å²) in [7, 11) is -0.673. The van der Waals surface area contributed by atoms with Crippen molar-refractivity contribution in [3.8, 4) is 11.5 Å². The summed E-state index contributed by atoms with van der Waals surface area (Å²) < 4.78 is 47.8. The van der Waals surface area contributed by atoms with Crippen molar-refractivity contribution in [1.29, 1.82) is 0 Å².